The number of hydrogen-bond acceptors (Lipinski definition) is 3. The summed E-state index contributed by atoms with van der Waals surface area (Å²) in [6.07, 6.45) is 0.0778. The van der Waals surface area contributed by atoms with Crippen LogP contribution in [0.2, 0.25) is 5.02 Å². The first kappa shape index (κ1) is 24.1. The van der Waals surface area contributed by atoms with Crippen LogP contribution in [0.25, 0.3) is 0 Å². The first-order valence-electron chi connectivity index (χ1n) is 10.6. The van der Waals surface area contributed by atoms with Gasteiger partial charge in [0.1, 0.15) is 0 Å². The first-order chi connectivity index (χ1) is 14.0. The van der Waals surface area contributed by atoms with Crippen LogP contribution in [0.4, 0.5) is 17.1 Å². The summed E-state index contributed by atoms with van der Waals surface area (Å²) < 4.78 is 0. The summed E-state index contributed by atoms with van der Waals surface area (Å²) in [6.45, 7) is 14.8. The molecule has 5 heteroatoms. The molecule has 30 heavy (non-hydrogen) atoms. The van der Waals surface area contributed by atoms with Crippen molar-refractivity contribution in [2.75, 3.05) is 23.3 Å². The molecular weight excluding hydrogens is 396 g/mol. The zero-order chi connectivity index (χ0) is 22.5. The van der Waals surface area contributed by atoms with Crippen molar-refractivity contribution in [3.8, 4) is 0 Å². The molecule has 0 bridgehead atoms. The quantitative estimate of drug-likeness (QED) is 0.428. The van der Waals surface area contributed by atoms with E-state index in [1.165, 1.54) is 0 Å². The molecule has 0 heterocycles. The molecule has 0 spiro atoms. The average molecular weight is 431 g/mol. The Morgan fingerprint density at radius 2 is 1.60 bits per heavy atom. The predicted octanol–water partition coefficient (Wildman–Crippen LogP) is 6.95. The first-order valence-corrected chi connectivity index (χ1v) is 11.0. The molecule has 0 aliphatic rings. The highest BCUT2D eigenvalue weighted by Gasteiger charge is 2.26. The smallest absolute Gasteiger partial charge is 0.304 e. The van der Waals surface area contributed by atoms with Crippen molar-refractivity contribution < 1.29 is 9.90 Å². The third-order valence-electron chi connectivity index (χ3n) is 5.01. The van der Waals surface area contributed by atoms with Crippen molar-refractivity contribution in [1.82, 2.24) is 0 Å². The maximum absolute atomic E-state index is 11.4. The van der Waals surface area contributed by atoms with Gasteiger partial charge in [-0.3, -0.25) is 4.79 Å². The van der Waals surface area contributed by atoms with Crippen molar-refractivity contribution in [1.29, 1.82) is 0 Å². The minimum Gasteiger partial charge on any atom is -0.481 e. The van der Waals surface area contributed by atoms with E-state index in [0.29, 0.717) is 16.9 Å². The van der Waals surface area contributed by atoms with Crippen LogP contribution in [0.3, 0.4) is 0 Å². The maximum atomic E-state index is 11.4. The minimum atomic E-state index is -0.794. The Morgan fingerprint density at radius 1 is 1.03 bits per heavy atom. The lowest BCUT2D eigenvalue weighted by Gasteiger charge is -2.32. The van der Waals surface area contributed by atoms with Gasteiger partial charge in [0.15, 0.2) is 0 Å². The fourth-order valence-corrected chi connectivity index (χ4v) is 3.78. The molecule has 0 fully saturated rings. The Bertz CT molecular complexity index is 835. The van der Waals surface area contributed by atoms with Crippen LogP contribution >= 0.6 is 11.6 Å². The molecule has 0 unspecified atom stereocenters. The number of benzene rings is 2. The predicted molar refractivity (Wildman–Crippen MR) is 128 cm³/mol. The molecule has 2 aromatic rings. The fraction of sp³-hybridized carbons (Fsp3) is 0.480. The van der Waals surface area contributed by atoms with Crippen molar-refractivity contribution in [2.24, 2.45) is 11.8 Å². The van der Waals surface area contributed by atoms with Crippen LogP contribution < -0.4 is 10.2 Å². The topological polar surface area (TPSA) is 52.6 Å². The van der Waals surface area contributed by atoms with E-state index in [1.807, 2.05) is 38.1 Å². The molecule has 0 aliphatic heterocycles. The van der Waals surface area contributed by atoms with Gasteiger partial charge >= 0.3 is 5.97 Å². The van der Waals surface area contributed by atoms with E-state index < -0.39 is 11.4 Å². The number of aliphatic carboxylic acids is 1. The van der Waals surface area contributed by atoms with E-state index in [2.05, 4.69) is 56.1 Å². The van der Waals surface area contributed by atoms with E-state index in [9.17, 15) is 9.90 Å². The zero-order valence-corrected chi connectivity index (χ0v) is 19.8. The summed E-state index contributed by atoms with van der Waals surface area (Å²) in [6, 6.07) is 13.9. The number of hydrogen-bond donors (Lipinski definition) is 2. The van der Waals surface area contributed by atoms with Crippen molar-refractivity contribution in [3.63, 3.8) is 0 Å². The van der Waals surface area contributed by atoms with Crippen LogP contribution in [-0.2, 0) is 10.2 Å². The van der Waals surface area contributed by atoms with E-state index >= 15 is 0 Å². The average Bonchev–Trinajstić information content (AvgIpc) is 2.61. The third-order valence-corrected chi connectivity index (χ3v) is 5.26. The number of carboxylic acids is 1. The lowest BCUT2D eigenvalue weighted by atomic mass is 9.81. The second kappa shape index (κ2) is 10.2. The third kappa shape index (κ3) is 6.94. The number of rotatable bonds is 10. The summed E-state index contributed by atoms with van der Waals surface area (Å²) in [5, 5.41) is 13.6. The Kier molecular flexibility index (Phi) is 8.19. The van der Waals surface area contributed by atoms with E-state index in [4.69, 9.17) is 11.6 Å². The van der Waals surface area contributed by atoms with Gasteiger partial charge in [0, 0.05) is 29.2 Å². The molecule has 164 valence electrons. The number of carbonyl (C=O) groups is 1. The lowest BCUT2D eigenvalue weighted by Crippen LogP contribution is -2.32. The van der Waals surface area contributed by atoms with Gasteiger partial charge in [-0.05, 0) is 53.8 Å². The van der Waals surface area contributed by atoms with Crippen LogP contribution in [-0.4, -0.2) is 24.2 Å². The normalized spacial score (nSPS) is 11.8. The molecule has 2 N–H and O–H groups in total. The van der Waals surface area contributed by atoms with Gasteiger partial charge in [0.05, 0.1) is 17.8 Å². The van der Waals surface area contributed by atoms with Gasteiger partial charge in [0.2, 0.25) is 0 Å². The van der Waals surface area contributed by atoms with Crippen LogP contribution in [0.5, 0.6) is 0 Å². The number of anilines is 3. The molecular formula is C25H35ClN2O2. The second-order valence-electron chi connectivity index (χ2n) is 9.51. The highest BCUT2D eigenvalue weighted by atomic mass is 35.5. The molecule has 0 radical (unpaired) electrons. The van der Waals surface area contributed by atoms with E-state index in [-0.39, 0.29) is 6.42 Å². The number of carboxylic acid groups (broad SMARTS) is 1. The Morgan fingerprint density at radius 3 is 2.10 bits per heavy atom. The van der Waals surface area contributed by atoms with Gasteiger partial charge in [0.25, 0.3) is 0 Å². The standard InChI is InChI=1S/C25H35ClN2O2/c1-17(2)15-28(16-18(3)4)23-12-7-19(25(5,6)14-24(29)30)13-22(23)27-21-10-8-20(26)9-11-21/h7-13,17-18,27H,14-16H2,1-6H3,(H,29,30). The number of nitrogens with zero attached hydrogens (tertiary/aromatic N) is 1. The summed E-state index contributed by atoms with van der Waals surface area (Å²) in [7, 11) is 0. The zero-order valence-electron chi connectivity index (χ0n) is 19.0. The monoisotopic (exact) mass is 430 g/mol. The van der Waals surface area contributed by atoms with Gasteiger partial charge in [-0.2, -0.15) is 0 Å². The molecule has 4 nitrogen and oxygen atoms in total. The molecule has 0 saturated carbocycles. The summed E-state index contributed by atoms with van der Waals surface area (Å²) in [5.41, 5.74) is 3.58. The van der Waals surface area contributed by atoms with Gasteiger partial charge < -0.3 is 15.3 Å². The summed E-state index contributed by atoms with van der Waals surface area (Å²) >= 11 is 6.05. The number of nitrogens with one attached hydrogen (secondary N) is 1. The SMILES string of the molecule is CC(C)CN(CC(C)C)c1ccc(C(C)(C)CC(=O)O)cc1Nc1ccc(Cl)cc1. The van der Waals surface area contributed by atoms with Crippen molar-refractivity contribution in [3.05, 3.63) is 53.1 Å². The van der Waals surface area contributed by atoms with Crippen molar-refractivity contribution in [2.45, 2.75) is 53.4 Å². The second-order valence-corrected chi connectivity index (χ2v) is 9.95. The molecule has 2 aromatic carbocycles. The Labute approximate surface area is 186 Å². The molecule has 0 aliphatic carbocycles. The molecule has 2 rings (SSSR count). The Balaban J connectivity index is 2.52. The summed E-state index contributed by atoms with van der Waals surface area (Å²) in [5.74, 6) is 0.253. The molecule has 0 aromatic heterocycles. The fourth-order valence-electron chi connectivity index (χ4n) is 3.65. The van der Waals surface area contributed by atoms with Crippen LogP contribution in [0, 0.1) is 11.8 Å². The Hall–Kier alpha value is -2.20. The number of halogens is 1. The minimum absolute atomic E-state index is 0.0778. The lowest BCUT2D eigenvalue weighted by molar-refractivity contribution is -0.138. The van der Waals surface area contributed by atoms with Gasteiger partial charge in [-0.25, -0.2) is 0 Å². The highest BCUT2D eigenvalue weighted by molar-refractivity contribution is 6.30. The van der Waals surface area contributed by atoms with Crippen LogP contribution in [0.1, 0.15) is 53.5 Å². The van der Waals surface area contributed by atoms with Crippen LogP contribution in [0.15, 0.2) is 42.5 Å². The van der Waals surface area contributed by atoms with Gasteiger partial charge in [-0.1, -0.05) is 59.2 Å². The molecule has 0 saturated heterocycles. The molecule has 0 atom stereocenters. The van der Waals surface area contributed by atoms with E-state index in [1.54, 1.807) is 0 Å². The summed E-state index contributed by atoms with van der Waals surface area (Å²) in [4.78, 5) is 13.8. The van der Waals surface area contributed by atoms with Crippen molar-refractivity contribution >= 4 is 34.6 Å². The largest absolute Gasteiger partial charge is 0.481 e. The van der Waals surface area contributed by atoms with E-state index in [0.717, 1.165) is 35.7 Å². The van der Waals surface area contributed by atoms with Gasteiger partial charge in [-0.15, -0.1) is 0 Å². The highest BCUT2D eigenvalue weighted by Crippen LogP contribution is 2.36. The maximum Gasteiger partial charge on any atom is 0.304 e. The molecule has 0 amide bonds.